The molecule has 0 aromatic carbocycles. The average Bonchev–Trinajstić information content (AvgIpc) is 2.86. The normalized spacial score (nSPS) is 20.6. The summed E-state index contributed by atoms with van der Waals surface area (Å²) in [6.07, 6.45) is 5.92. The van der Waals surface area contributed by atoms with Gasteiger partial charge < -0.3 is 14.9 Å². The molecule has 1 aliphatic rings. The van der Waals surface area contributed by atoms with Gasteiger partial charge >= 0.3 is 0 Å². The molecule has 2 N–H and O–H groups in total. The summed E-state index contributed by atoms with van der Waals surface area (Å²) in [4.78, 5) is 2.46. The van der Waals surface area contributed by atoms with Gasteiger partial charge in [0.15, 0.2) is 0 Å². The van der Waals surface area contributed by atoms with E-state index in [0.29, 0.717) is 18.5 Å². The Hall–Kier alpha value is -0.840. The van der Waals surface area contributed by atoms with Crippen LogP contribution in [0.5, 0.6) is 0 Å². The molecule has 1 saturated heterocycles. The summed E-state index contributed by atoms with van der Waals surface area (Å²) in [5, 5.41) is 0. The lowest BCUT2D eigenvalue weighted by molar-refractivity contribution is 0.0809. The number of methoxy groups -OCH3 is 1. The largest absolute Gasteiger partial charge is 0.472 e. The summed E-state index contributed by atoms with van der Waals surface area (Å²) in [5.74, 6) is 0.707. The van der Waals surface area contributed by atoms with Crippen molar-refractivity contribution in [3.63, 3.8) is 0 Å². The van der Waals surface area contributed by atoms with E-state index in [4.69, 9.17) is 14.9 Å². The first-order valence-electron chi connectivity index (χ1n) is 6.30. The minimum atomic E-state index is 0.303. The quantitative estimate of drug-likeness (QED) is 0.847. The van der Waals surface area contributed by atoms with Crippen molar-refractivity contribution in [2.75, 3.05) is 33.4 Å². The van der Waals surface area contributed by atoms with Gasteiger partial charge in [-0.3, -0.25) is 4.90 Å². The zero-order valence-corrected chi connectivity index (χ0v) is 10.5. The topological polar surface area (TPSA) is 51.6 Å². The summed E-state index contributed by atoms with van der Waals surface area (Å²) < 4.78 is 10.4. The Balaban J connectivity index is 1.90. The molecule has 17 heavy (non-hydrogen) atoms. The van der Waals surface area contributed by atoms with Gasteiger partial charge in [0.1, 0.15) is 0 Å². The van der Waals surface area contributed by atoms with Crippen molar-refractivity contribution in [2.24, 2.45) is 11.7 Å². The van der Waals surface area contributed by atoms with Gasteiger partial charge in [-0.1, -0.05) is 0 Å². The van der Waals surface area contributed by atoms with Crippen molar-refractivity contribution in [3.05, 3.63) is 24.2 Å². The molecule has 1 aromatic heterocycles. The molecule has 1 aromatic rings. The summed E-state index contributed by atoms with van der Waals surface area (Å²) in [6.45, 7) is 3.73. The molecule has 0 spiro atoms. The fraction of sp³-hybridized carbons (Fsp3) is 0.692. The van der Waals surface area contributed by atoms with E-state index in [1.54, 1.807) is 19.6 Å². The molecule has 2 rings (SSSR count). The second-order valence-electron chi connectivity index (χ2n) is 4.74. The molecular weight excluding hydrogens is 216 g/mol. The Morgan fingerprint density at radius 2 is 2.29 bits per heavy atom. The van der Waals surface area contributed by atoms with Crippen LogP contribution in [0.2, 0.25) is 0 Å². The van der Waals surface area contributed by atoms with Gasteiger partial charge in [0.2, 0.25) is 0 Å². The first-order chi connectivity index (χ1) is 8.35. The number of piperidine rings is 1. The minimum Gasteiger partial charge on any atom is -0.472 e. The van der Waals surface area contributed by atoms with Crippen LogP contribution in [0.25, 0.3) is 0 Å². The van der Waals surface area contributed by atoms with E-state index in [2.05, 4.69) is 4.90 Å². The predicted molar refractivity (Wildman–Crippen MR) is 66.7 cm³/mol. The third-order valence-corrected chi connectivity index (χ3v) is 3.64. The molecule has 1 aliphatic heterocycles. The molecule has 0 aliphatic carbocycles. The van der Waals surface area contributed by atoms with Crippen molar-refractivity contribution in [1.82, 2.24) is 4.90 Å². The van der Waals surface area contributed by atoms with E-state index in [9.17, 15) is 0 Å². The molecule has 4 nitrogen and oxygen atoms in total. The Labute approximate surface area is 103 Å². The maximum Gasteiger partial charge on any atom is 0.0950 e. The van der Waals surface area contributed by atoms with Gasteiger partial charge in [0.05, 0.1) is 18.6 Å². The first-order valence-corrected chi connectivity index (χ1v) is 6.30. The van der Waals surface area contributed by atoms with E-state index < -0.39 is 0 Å². The van der Waals surface area contributed by atoms with E-state index in [0.717, 1.165) is 19.7 Å². The molecule has 0 amide bonds. The maximum atomic E-state index is 5.88. The standard InChI is InChI=1S/C13H22N2O2/c1-16-9-11-2-5-15(6-3-11)13(8-14)12-4-7-17-10-12/h4,7,10-11,13H,2-3,5-6,8-9,14H2,1H3. The highest BCUT2D eigenvalue weighted by Gasteiger charge is 2.25. The van der Waals surface area contributed by atoms with Crippen LogP contribution >= 0.6 is 0 Å². The predicted octanol–water partition coefficient (Wildman–Crippen LogP) is 1.64. The number of ether oxygens (including phenoxy) is 1. The van der Waals surface area contributed by atoms with Crippen molar-refractivity contribution in [1.29, 1.82) is 0 Å². The fourth-order valence-corrected chi connectivity index (χ4v) is 2.63. The number of hydrogen-bond acceptors (Lipinski definition) is 4. The number of furan rings is 1. The van der Waals surface area contributed by atoms with Crippen LogP contribution in [-0.2, 0) is 4.74 Å². The van der Waals surface area contributed by atoms with Crippen LogP contribution in [0, 0.1) is 5.92 Å². The third-order valence-electron chi connectivity index (χ3n) is 3.64. The lowest BCUT2D eigenvalue weighted by Crippen LogP contribution is -2.40. The highest BCUT2D eigenvalue weighted by atomic mass is 16.5. The zero-order valence-electron chi connectivity index (χ0n) is 10.5. The molecule has 0 saturated carbocycles. The van der Waals surface area contributed by atoms with Crippen molar-refractivity contribution < 1.29 is 9.15 Å². The number of likely N-dealkylation sites (tertiary alicyclic amines) is 1. The Kier molecular flexibility index (Phi) is 4.59. The van der Waals surface area contributed by atoms with Gasteiger partial charge in [-0.2, -0.15) is 0 Å². The molecule has 2 heterocycles. The minimum absolute atomic E-state index is 0.303. The third kappa shape index (κ3) is 3.09. The van der Waals surface area contributed by atoms with E-state index in [-0.39, 0.29) is 0 Å². The van der Waals surface area contributed by atoms with Crippen LogP contribution in [0.3, 0.4) is 0 Å². The van der Waals surface area contributed by atoms with Crippen LogP contribution in [-0.4, -0.2) is 38.3 Å². The Morgan fingerprint density at radius 3 is 2.82 bits per heavy atom. The lowest BCUT2D eigenvalue weighted by atomic mass is 9.95. The van der Waals surface area contributed by atoms with Gasteiger partial charge in [-0.25, -0.2) is 0 Å². The maximum absolute atomic E-state index is 5.88. The highest BCUT2D eigenvalue weighted by Crippen LogP contribution is 2.26. The van der Waals surface area contributed by atoms with Gasteiger partial charge in [-0.15, -0.1) is 0 Å². The van der Waals surface area contributed by atoms with Crippen LogP contribution in [0.15, 0.2) is 23.0 Å². The number of nitrogens with two attached hydrogens (primary N) is 1. The summed E-state index contributed by atoms with van der Waals surface area (Å²) in [5.41, 5.74) is 7.07. The van der Waals surface area contributed by atoms with E-state index in [1.165, 1.54) is 18.4 Å². The molecule has 0 bridgehead atoms. The fourth-order valence-electron chi connectivity index (χ4n) is 2.63. The van der Waals surface area contributed by atoms with Crippen LogP contribution < -0.4 is 5.73 Å². The lowest BCUT2D eigenvalue weighted by Gasteiger charge is -2.36. The number of nitrogens with zero attached hydrogens (tertiary/aromatic N) is 1. The SMILES string of the molecule is COCC1CCN(C(CN)c2ccoc2)CC1. The van der Waals surface area contributed by atoms with Gasteiger partial charge in [-0.05, 0) is 37.9 Å². The van der Waals surface area contributed by atoms with Gasteiger partial charge in [0, 0.05) is 25.8 Å². The smallest absolute Gasteiger partial charge is 0.0950 e. The first kappa shape index (κ1) is 12.6. The summed E-state index contributed by atoms with van der Waals surface area (Å²) in [6, 6.07) is 2.32. The van der Waals surface area contributed by atoms with E-state index >= 15 is 0 Å². The second kappa shape index (κ2) is 6.19. The number of hydrogen-bond donors (Lipinski definition) is 1. The van der Waals surface area contributed by atoms with Crippen LogP contribution in [0.1, 0.15) is 24.4 Å². The molecule has 1 atom stereocenters. The van der Waals surface area contributed by atoms with Crippen molar-refractivity contribution in [3.8, 4) is 0 Å². The Morgan fingerprint density at radius 1 is 1.53 bits per heavy atom. The Bertz CT molecular complexity index is 305. The summed E-state index contributed by atoms with van der Waals surface area (Å²) >= 11 is 0. The summed E-state index contributed by atoms with van der Waals surface area (Å²) in [7, 11) is 1.78. The van der Waals surface area contributed by atoms with Crippen molar-refractivity contribution >= 4 is 0 Å². The monoisotopic (exact) mass is 238 g/mol. The van der Waals surface area contributed by atoms with Gasteiger partial charge in [0.25, 0.3) is 0 Å². The highest BCUT2D eigenvalue weighted by molar-refractivity contribution is 5.12. The molecule has 0 radical (unpaired) electrons. The molecule has 4 heteroatoms. The molecular formula is C13H22N2O2. The van der Waals surface area contributed by atoms with Crippen LogP contribution in [0.4, 0.5) is 0 Å². The van der Waals surface area contributed by atoms with E-state index in [1.807, 2.05) is 6.07 Å². The molecule has 1 unspecified atom stereocenters. The zero-order chi connectivity index (χ0) is 12.1. The number of rotatable bonds is 5. The second-order valence-corrected chi connectivity index (χ2v) is 4.74. The molecule has 96 valence electrons. The van der Waals surface area contributed by atoms with Crippen molar-refractivity contribution in [2.45, 2.75) is 18.9 Å². The molecule has 1 fully saturated rings. The average molecular weight is 238 g/mol.